The largest absolute Gasteiger partial charge is 0.497 e. The van der Waals surface area contributed by atoms with E-state index >= 15 is 0 Å². The van der Waals surface area contributed by atoms with Crippen LogP contribution >= 0.6 is 0 Å². The number of pyridine rings is 1. The Hall–Kier alpha value is -1.65. The first-order chi connectivity index (χ1) is 11.7. The summed E-state index contributed by atoms with van der Waals surface area (Å²) in [5.41, 5.74) is 1.92. The Morgan fingerprint density at radius 3 is 2.96 bits per heavy atom. The van der Waals surface area contributed by atoms with E-state index in [2.05, 4.69) is 11.9 Å². The maximum atomic E-state index is 11.2. The number of fused-ring (bicyclic) bond motifs is 4. The van der Waals surface area contributed by atoms with Gasteiger partial charge < -0.3 is 14.7 Å². The van der Waals surface area contributed by atoms with Crippen LogP contribution in [0.5, 0.6) is 5.75 Å². The maximum absolute atomic E-state index is 11.2. The zero-order valence-electron chi connectivity index (χ0n) is 14.5. The van der Waals surface area contributed by atoms with Gasteiger partial charge in [-0.2, -0.15) is 0 Å². The lowest BCUT2D eigenvalue weighted by Crippen LogP contribution is -3.20. The van der Waals surface area contributed by atoms with Crippen LogP contribution in [0.15, 0.2) is 30.5 Å². The van der Waals surface area contributed by atoms with Crippen molar-refractivity contribution in [2.45, 2.75) is 38.3 Å². The van der Waals surface area contributed by atoms with Crippen LogP contribution in [0.25, 0.3) is 10.9 Å². The molecule has 2 bridgehead atoms. The third-order valence-electron chi connectivity index (χ3n) is 6.31. The number of rotatable bonds is 4. The number of nitrogens with one attached hydrogen (secondary N) is 1. The molecule has 1 aromatic carbocycles. The highest BCUT2D eigenvalue weighted by atomic mass is 16.5. The van der Waals surface area contributed by atoms with Crippen molar-refractivity contribution in [1.82, 2.24) is 4.98 Å². The molecule has 0 amide bonds. The second-order valence-corrected chi connectivity index (χ2v) is 7.40. The standard InChI is InChI=1S/C20H26N2O2/c1-3-13-12-22-9-7-14(13)10-19(22)20(23)16-6-8-21-18-5-4-15(24-2)11-17(16)18/h4-6,8,11,13-14,19-20,23H,3,7,9-10,12H2,1-2H3/p+1/t13-,14-,19-,20+/m0/s1. The molecule has 0 saturated carbocycles. The summed E-state index contributed by atoms with van der Waals surface area (Å²) in [4.78, 5) is 6.03. The summed E-state index contributed by atoms with van der Waals surface area (Å²) in [5.74, 6) is 2.44. The van der Waals surface area contributed by atoms with Crippen LogP contribution in [0.4, 0.5) is 0 Å². The van der Waals surface area contributed by atoms with Gasteiger partial charge in [0, 0.05) is 30.3 Å². The fourth-order valence-electron chi connectivity index (χ4n) is 4.93. The molecule has 1 aromatic heterocycles. The number of hydrogen-bond donors (Lipinski definition) is 2. The Labute approximate surface area is 143 Å². The second kappa shape index (κ2) is 6.34. The fraction of sp³-hybridized carbons (Fsp3) is 0.550. The van der Waals surface area contributed by atoms with Crippen LogP contribution in [-0.2, 0) is 0 Å². The van der Waals surface area contributed by atoms with E-state index in [0.717, 1.165) is 40.5 Å². The molecule has 5 rings (SSSR count). The van der Waals surface area contributed by atoms with Crippen LogP contribution in [-0.4, -0.2) is 36.3 Å². The quantitative estimate of drug-likeness (QED) is 0.903. The minimum atomic E-state index is -0.432. The maximum Gasteiger partial charge on any atom is 0.131 e. The molecule has 3 aliphatic heterocycles. The van der Waals surface area contributed by atoms with E-state index in [0.29, 0.717) is 6.04 Å². The molecular formula is C20H27N2O2+. The summed E-state index contributed by atoms with van der Waals surface area (Å²) in [6, 6.07) is 8.18. The summed E-state index contributed by atoms with van der Waals surface area (Å²) in [5, 5.41) is 12.2. The number of benzene rings is 1. The third-order valence-corrected chi connectivity index (χ3v) is 6.31. The average molecular weight is 327 g/mol. The van der Waals surface area contributed by atoms with E-state index in [1.165, 1.54) is 25.9 Å². The Bertz CT molecular complexity index is 733. The Kier molecular flexibility index (Phi) is 4.19. The van der Waals surface area contributed by atoms with Gasteiger partial charge in [0.15, 0.2) is 0 Å². The molecule has 3 saturated heterocycles. The normalized spacial score (nSPS) is 30.5. The molecule has 5 atom stereocenters. The number of piperidine rings is 3. The van der Waals surface area contributed by atoms with E-state index < -0.39 is 6.10 Å². The number of aliphatic hydroxyl groups excluding tert-OH is 1. The van der Waals surface area contributed by atoms with Crippen molar-refractivity contribution in [3.8, 4) is 5.75 Å². The first-order valence-electron chi connectivity index (χ1n) is 9.16. The van der Waals surface area contributed by atoms with Crippen molar-refractivity contribution in [3.63, 3.8) is 0 Å². The molecule has 2 N–H and O–H groups in total. The van der Waals surface area contributed by atoms with Gasteiger partial charge >= 0.3 is 0 Å². The van der Waals surface area contributed by atoms with Gasteiger partial charge in [-0.05, 0) is 42.2 Å². The topological polar surface area (TPSA) is 46.8 Å². The number of methoxy groups -OCH3 is 1. The predicted molar refractivity (Wildman–Crippen MR) is 94.2 cm³/mol. The van der Waals surface area contributed by atoms with Gasteiger partial charge in [-0.25, -0.2) is 0 Å². The monoisotopic (exact) mass is 327 g/mol. The van der Waals surface area contributed by atoms with Gasteiger partial charge in [-0.15, -0.1) is 0 Å². The lowest BCUT2D eigenvalue weighted by Gasteiger charge is -2.48. The van der Waals surface area contributed by atoms with E-state index in [-0.39, 0.29) is 0 Å². The number of nitrogens with zero attached hydrogens (tertiary/aromatic N) is 1. The van der Waals surface area contributed by atoms with Crippen molar-refractivity contribution >= 4 is 10.9 Å². The summed E-state index contributed by atoms with van der Waals surface area (Å²) in [6.07, 6.45) is 5.11. The van der Waals surface area contributed by atoms with E-state index in [1.807, 2.05) is 30.5 Å². The van der Waals surface area contributed by atoms with Gasteiger partial charge in [-0.1, -0.05) is 6.92 Å². The molecule has 4 heterocycles. The van der Waals surface area contributed by atoms with Crippen molar-refractivity contribution in [3.05, 3.63) is 36.0 Å². The Morgan fingerprint density at radius 1 is 1.38 bits per heavy atom. The molecule has 128 valence electrons. The predicted octanol–water partition coefficient (Wildman–Crippen LogP) is 1.98. The summed E-state index contributed by atoms with van der Waals surface area (Å²) in [6.45, 7) is 4.73. The van der Waals surface area contributed by atoms with Crippen molar-refractivity contribution in [2.24, 2.45) is 11.8 Å². The zero-order chi connectivity index (χ0) is 16.7. The molecule has 0 aliphatic carbocycles. The highest BCUT2D eigenvalue weighted by molar-refractivity contribution is 5.83. The molecule has 2 aromatic rings. The van der Waals surface area contributed by atoms with Crippen LogP contribution in [0, 0.1) is 11.8 Å². The Morgan fingerprint density at radius 2 is 2.25 bits per heavy atom. The number of quaternary nitrogens is 1. The van der Waals surface area contributed by atoms with Crippen molar-refractivity contribution < 1.29 is 14.7 Å². The first kappa shape index (κ1) is 15.9. The smallest absolute Gasteiger partial charge is 0.131 e. The SMILES string of the molecule is CC[C@H]1C[NH+]2CC[C@H]1C[C@H]2[C@H](O)c1ccnc2ccc(OC)cc12. The number of aliphatic hydroxyl groups is 1. The molecule has 1 unspecified atom stereocenters. The van der Waals surface area contributed by atoms with Crippen LogP contribution in [0.2, 0.25) is 0 Å². The minimum absolute atomic E-state index is 0.309. The molecular weight excluding hydrogens is 300 g/mol. The van der Waals surface area contributed by atoms with Crippen molar-refractivity contribution in [1.29, 1.82) is 0 Å². The molecule has 0 radical (unpaired) electrons. The molecule has 4 heteroatoms. The van der Waals surface area contributed by atoms with Crippen molar-refractivity contribution in [2.75, 3.05) is 20.2 Å². The van der Waals surface area contributed by atoms with E-state index in [1.54, 1.807) is 12.0 Å². The lowest BCUT2D eigenvalue weighted by molar-refractivity contribution is -0.950. The third kappa shape index (κ3) is 2.58. The second-order valence-electron chi connectivity index (χ2n) is 7.40. The van der Waals surface area contributed by atoms with Gasteiger partial charge in [0.25, 0.3) is 0 Å². The highest BCUT2D eigenvalue weighted by Gasteiger charge is 2.46. The number of hydrogen-bond acceptors (Lipinski definition) is 3. The van der Waals surface area contributed by atoms with Gasteiger partial charge in [0.2, 0.25) is 0 Å². The van der Waals surface area contributed by atoms with Crippen LogP contribution in [0.1, 0.15) is 37.9 Å². The number of aromatic nitrogens is 1. The van der Waals surface area contributed by atoms with Crippen LogP contribution < -0.4 is 9.64 Å². The molecule has 24 heavy (non-hydrogen) atoms. The van der Waals surface area contributed by atoms with Gasteiger partial charge in [0.1, 0.15) is 17.9 Å². The molecule has 4 nitrogen and oxygen atoms in total. The first-order valence-corrected chi connectivity index (χ1v) is 9.16. The molecule has 0 spiro atoms. The molecule has 3 fully saturated rings. The average Bonchev–Trinajstić information content (AvgIpc) is 2.66. The Balaban J connectivity index is 1.68. The number of ether oxygens (including phenoxy) is 1. The summed E-state index contributed by atoms with van der Waals surface area (Å²) < 4.78 is 5.37. The van der Waals surface area contributed by atoms with Gasteiger partial charge in [0.05, 0.1) is 25.7 Å². The fourth-order valence-corrected chi connectivity index (χ4v) is 4.93. The lowest BCUT2D eigenvalue weighted by atomic mass is 9.72. The highest BCUT2D eigenvalue weighted by Crippen LogP contribution is 2.35. The van der Waals surface area contributed by atoms with E-state index in [9.17, 15) is 5.11 Å². The molecule has 3 aliphatic rings. The summed E-state index contributed by atoms with van der Waals surface area (Å²) >= 11 is 0. The summed E-state index contributed by atoms with van der Waals surface area (Å²) in [7, 11) is 1.68. The van der Waals surface area contributed by atoms with Crippen LogP contribution in [0.3, 0.4) is 0 Å². The zero-order valence-corrected chi connectivity index (χ0v) is 14.5. The van der Waals surface area contributed by atoms with Gasteiger partial charge in [-0.3, -0.25) is 4.98 Å². The van der Waals surface area contributed by atoms with E-state index in [4.69, 9.17) is 4.74 Å². The minimum Gasteiger partial charge on any atom is -0.497 e.